The van der Waals surface area contributed by atoms with Gasteiger partial charge in [0.2, 0.25) is 15.8 Å². The van der Waals surface area contributed by atoms with E-state index >= 15 is 0 Å². The fourth-order valence-corrected chi connectivity index (χ4v) is 4.67. The monoisotopic (exact) mass is 548 g/mol. The van der Waals surface area contributed by atoms with Crippen molar-refractivity contribution in [3.63, 3.8) is 0 Å². The number of carboxylic acids is 1. The number of hydrogen-bond donors (Lipinski definition) is 3. The number of nitrogens with zero attached hydrogens (tertiary/aromatic N) is 2. The molecule has 2 aromatic carbocycles. The Morgan fingerprint density at radius 3 is 2.42 bits per heavy atom. The normalized spacial score (nSPS) is 12.7. The molecule has 3 rings (SSSR count). The van der Waals surface area contributed by atoms with E-state index in [2.05, 4.69) is 20.2 Å². The van der Waals surface area contributed by atoms with Gasteiger partial charge in [-0.2, -0.15) is 4.98 Å². The van der Waals surface area contributed by atoms with Crippen LogP contribution >= 0.6 is 0 Å². The number of aromatic nitrogens is 2. The Labute approximate surface area is 219 Å². The van der Waals surface area contributed by atoms with E-state index in [4.69, 9.17) is 9.26 Å². The molecular formula is C25H29FN4O7S. The van der Waals surface area contributed by atoms with Gasteiger partial charge in [-0.15, -0.1) is 0 Å². The predicted molar refractivity (Wildman–Crippen MR) is 137 cm³/mol. The van der Waals surface area contributed by atoms with Crippen molar-refractivity contribution in [3.8, 4) is 22.8 Å². The van der Waals surface area contributed by atoms with Crippen molar-refractivity contribution >= 4 is 27.8 Å². The summed E-state index contributed by atoms with van der Waals surface area (Å²) in [4.78, 5) is 27.7. The summed E-state index contributed by atoms with van der Waals surface area (Å²) < 4.78 is 51.4. The van der Waals surface area contributed by atoms with Crippen molar-refractivity contribution < 1.29 is 36.8 Å². The van der Waals surface area contributed by atoms with Gasteiger partial charge in [0.25, 0.3) is 5.89 Å². The molecule has 204 valence electrons. The Bertz CT molecular complexity index is 1400. The number of carboxylic acid groups (broad SMARTS) is 1. The van der Waals surface area contributed by atoms with Gasteiger partial charge in [0.15, 0.2) is 0 Å². The molecule has 1 amide bonds. The summed E-state index contributed by atoms with van der Waals surface area (Å²) in [5.74, 6) is -2.23. The lowest BCUT2D eigenvalue weighted by atomic mass is 10.0. The molecule has 3 N–H and O–H groups in total. The molecule has 1 heterocycles. The second-order valence-electron chi connectivity index (χ2n) is 9.47. The Morgan fingerprint density at radius 1 is 1.16 bits per heavy atom. The maximum atomic E-state index is 14.9. The third-order valence-corrected chi connectivity index (χ3v) is 6.60. The molecule has 38 heavy (non-hydrogen) atoms. The van der Waals surface area contributed by atoms with Gasteiger partial charge in [-0.05, 0) is 75.6 Å². The zero-order chi connectivity index (χ0) is 28.1. The fraction of sp³-hybridized carbons (Fsp3) is 0.360. The molecule has 0 saturated carbocycles. The number of sulfonamides is 1. The van der Waals surface area contributed by atoms with E-state index < -0.39 is 39.5 Å². The average molecular weight is 549 g/mol. The first-order valence-electron chi connectivity index (χ1n) is 11.7. The number of amides is 1. The minimum absolute atomic E-state index is 0.0189. The molecule has 1 atom stereocenters. The Kier molecular flexibility index (Phi) is 8.84. The minimum atomic E-state index is -3.78. The minimum Gasteiger partial charge on any atom is -0.480 e. The van der Waals surface area contributed by atoms with Gasteiger partial charge in [0, 0.05) is 11.3 Å². The van der Waals surface area contributed by atoms with Gasteiger partial charge >= 0.3 is 12.1 Å². The van der Waals surface area contributed by atoms with Gasteiger partial charge in [-0.25, -0.2) is 22.3 Å². The third-order valence-electron chi connectivity index (χ3n) is 5.01. The Hall–Kier alpha value is -3.84. The number of ether oxygens (including phenoxy) is 1. The molecule has 0 aliphatic rings. The van der Waals surface area contributed by atoms with Crippen LogP contribution in [0.15, 0.2) is 47.0 Å². The van der Waals surface area contributed by atoms with Gasteiger partial charge < -0.3 is 14.4 Å². The van der Waals surface area contributed by atoms with E-state index in [1.165, 1.54) is 12.1 Å². The summed E-state index contributed by atoms with van der Waals surface area (Å²) in [7, 11) is -3.78. The van der Waals surface area contributed by atoms with Crippen LogP contribution in [0.4, 0.5) is 14.9 Å². The lowest BCUT2D eigenvalue weighted by Crippen LogP contribution is -2.43. The van der Waals surface area contributed by atoms with Crippen molar-refractivity contribution in [2.24, 2.45) is 0 Å². The predicted octanol–water partition coefficient (Wildman–Crippen LogP) is 4.21. The summed E-state index contributed by atoms with van der Waals surface area (Å²) >= 11 is 0. The molecule has 0 spiro atoms. The van der Waals surface area contributed by atoms with E-state index in [0.29, 0.717) is 17.7 Å². The highest BCUT2D eigenvalue weighted by Crippen LogP contribution is 2.26. The van der Waals surface area contributed by atoms with E-state index in [1.54, 1.807) is 52.0 Å². The molecule has 0 saturated heterocycles. The highest BCUT2D eigenvalue weighted by Gasteiger charge is 2.25. The number of rotatable bonds is 10. The zero-order valence-electron chi connectivity index (χ0n) is 21.3. The standard InChI is InChI=1S/C25H29FN4O7S/c1-5-12-38(34,35)30-20(23(31)32)14-15-6-11-18(19(26)13-15)21-28-22(37-29-21)16-7-9-17(10-8-16)27-24(33)36-25(2,3)4/h6-11,13,20,30H,5,12,14H2,1-4H3,(H,27,33)(H,31,32). The molecule has 13 heteroatoms. The Morgan fingerprint density at radius 2 is 1.84 bits per heavy atom. The molecule has 0 fully saturated rings. The molecule has 1 unspecified atom stereocenters. The number of carbonyl (C=O) groups excluding carboxylic acids is 1. The molecular weight excluding hydrogens is 519 g/mol. The van der Waals surface area contributed by atoms with Crippen LogP contribution in [0.1, 0.15) is 39.7 Å². The van der Waals surface area contributed by atoms with Crippen LogP contribution in [0.5, 0.6) is 0 Å². The summed E-state index contributed by atoms with van der Waals surface area (Å²) in [6, 6.07) is 9.00. The van der Waals surface area contributed by atoms with Crippen molar-refractivity contribution in [2.45, 2.75) is 52.2 Å². The number of anilines is 1. The second kappa shape index (κ2) is 11.7. The highest BCUT2D eigenvalue weighted by molar-refractivity contribution is 7.89. The number of benzene rings is 2. The smallest absolute Gasteiger partial charge is 0.412 e. The Balaban J connectivity index is 1.72. The lowest BCUT2D eigenvalue weighted by Gasteiger charge is -2.19. The summed E-state index contributed by atoms with van der Waals surface area (Å²) in [6.45, 7) is 6.92. The summed E-state index contributed by atoms with van der Waals surface area (Å²) in [5.41, 5.74) is 0.669. The van der Waals surface area contributed by atoms with Crippen LogP contribution in [0.25, 0.3) is 22.8 Å². The van der Waals surface area contributed by atoms with Gasteiger partial charge in [0.05, 0.1) is 11.3 Å². The van der Waals surface area contributed by atoms with Crippen LogP contribution < -0.4 is 10.0 Å². The molecule has 3 aromatic rings. The van der Waals surface area contributed by atoms with Crippen LogP contribution in [0, 0.1) is 5.82 Å². The first-order valence-corrected chi connectivity index (χ1v) is 13.4. The van der Waals surface area contributed by atoms with E-state index in [9.17, 15) is 27.5 Å². The van der Waals surface area contributed by atoms with Crippen LogP contribution in [0.2, 0.25) is 0 Å². The molecule has 0 bridgehead atoms. The van der Waals surface area contributed by atoms with Gasteiger partial charge in [0.1, 0.15) is 17.5 Å². The number of carbonyl (C=O) groups is 2. The van der Waals surface area contributed by atoms with E-state index in [-0.39, 0.29) is 35.0 Å². The maximum Gasteiger partial charge on any atom is 0.412 e. The number of aliphatic carboxylic acids is 1. The third kappa shape index (κ3) is 8.08. The van der Waals surface area contributed by atoms with Crippen molar-refractivity contribution in [2.75, 3.05) is 11.1 Å². The largest absolute Gasteiger partial charge is 0.480 e. The number of hydrogen-bond acceptors (Lipinski definition) is 8. The molecule has 1 aromatic heterocycles. The van der Waals surface area contributed by atoms with Crippen LogP contribution in [0.3, 0.4) is 0 Å². The van der Waals surface area contributed by atoms with Crippen LogP contribution in [-0.2, 0) is 26.0 Å². The van der Waals surface area contributed by atoms with Crippen LogP contribution in [-0.4, -0.2) is 53.1 Å². The van der Waals surface area contributed by atoms with Crippen molar-refractivity contribution in [1.29, 1.82) is 0 Å². The maximum absolute atomic E-state index is 14.9. The molecule has 0 aliphatic carbocycles. The first kappa shape index (κ1) is 28.7. The number of halogens is 1. The zero-order valence-corrected chi connectivity index (χ0v) is 22.1. The molecule has 11 nitrogen and oxygen atoms in total. The van der Waals surface area contributed by atoms with Crippen molar-refractivity contribution in [1.82, 2.24) is 14.9 Å². The fourth-order valence-electron chi connectivity index (χ4n) is 3.39. The second-order valence-corrected chi connectivity index (χ2v) is 11.3. The van der Waals surface area contributed by atoms with Gasteiger partial charge in [-0.1, -0.05) is 18.1 Å². The number of nitrogens with one attached hydrogen (secondary N) is 2. The SMILES string of the molecule is CCCS(=O)(=O)NC(Cc1ccc(-c2noc(-c3ccc(NC(=O)OC(C)(C)C)cc3)n2)c(F)c1)C(=O)O. The lowest BCUT2D eigenvalue weighted by molar-refractivity contribution is -0.138. The van der Waals surface area contributed by atoms with Crippen molar-refractivity contribution in [3.05, 3.63) is 53.8 Å². The molecule has 0 radical (unpaired) electrons. The quantitative estimate of drug-likeness (QED) is 0.337. The van der Waals surface area contributed by atoms with E-state index in [0.717, 1.165) is 6.07 Å². The summed E-state index contributed by atoms with van der Waals surface area (Å²) in [6.07, 6.45) is -0.529. The highest BCUT2D eigenvalue weighted by atomic mass is 32.2. The van der Waals surface area contributed by atoms with Gasteiger partial charge in [-0.3, -0.25) is 10.1 Å². The average Bonchev–Trinajstić information content (AvgIpc) is 3.27. The first-order chi connectivity index (χ1) is 17.8. The van der Waals surface area contributed by atoms with E-state index in [1.807, 2.05) is 0 Å². The molecule has 0 aliphatic heterocycles. The topological polar surface area (TPSA) is 161 Å². The summed E-state index contributed by atoms with van der Waals surface area (Å²) in [5, 5.41) is 15.8.